The molecule has 0 aliphatic heterocycles. The highest BCUT2D eigenvalue weighted by Gasteiger charge is 2.17. The molecule has 3 nitrogen and oxygen atoms in total. The summed E-state index contributed by atoms with van der Waals surface area (Å²) in [5.41, 5.74) is 1.86. The molecule has 0 radical (unpaired) electrons. The number of nitrogens with one attached hydrogen (secondary N) is 1. The van der Waals surface area contributed by atoms with E-state index < -0.39 is 23.4 Å². The highest BCUT2D eigenvalue weighted by atomic mass is 19.2. The van der Waals surface area contributed by atoms with Crippen molar-refractivity contribution in [2.75, 3.05) is 18.4 Å². The predicted molar refractivity (Wildman–Crippen MR) is 91.7 cm³/mol. The molecular weight excluding hydrogens is 329 g/mol. The van der Waals surface area contributed by atoms with Crippen molar-refractivity contribution in [2.24, 2.45) is 0 Å². The number of carbonyl (C=O) groups excluding carboxylic acids is 1. The minimum absolute atomic E-state index is 0.0284. The molecule has 0 atom stereocenters. The Hall–Kier alpha value is -2.34. The molecule has 0 saturated heterocycles. The summed E-state index contributed by atoms with van der Waals surface area (Å²) >= 11 is 0. The van der Waals surface area contributed by atoms with Gasteiger partial charge in [0.25, 0.3) is 0 Å². The molecule has 6 heteroatoms. The van der Waals surface area contributed by atoms with Crippen LogP contribution in [0, 0.1) is 24.4 Å². The van der Waals surface area contributed by atoms with Crippen LogP contribution in [-0.2, 0) is 11.3 Å². The lowest BCUT2D eigenvalue weighted by molar-refractivity contribution is -0.117. The first-order valence-corrected chi connectivity index (χ1v) is 8.12. The van der Waals surface area contributed by atoms with Gasteiger partial charge in [-0.3, -0.25) is 9.69 Å². The van der Waals surface area contributed by atoms with E-state index in [2.05, 4.69) is 5.32 Å². The molecule has 0 aliphatic carbocycles. The van der Waals surface area contributed by atoms with E-state index in [0.29, 0.717) is 13.1 Å². The van der Waals surface area contributed by atoms with E-state index in [1.165, 1.54) is 0 Å². The van der Waals surface area contributed by atoms with E-state index >= 15 is 0 Å². The third kappa shape index (κ3) is 5.06. The first-order valence-electron chi connectivity index (χ1n) is 8.12. The number of hydrogen-bond donors (Lipinski definition) is 1. The second-order valence-electron chi connectivity index (χ2n) is 5.91. The lowest BCUT2D eigenvalue weighted by atomic mass is 10.1. The Bertz CT molecular complexity index is 749. The molecular formula is C19H21F3N2O. The van der Waals surface area contributed by atoms with Crippen LogP contribution in [0.5, 0.6) is 0 Å². The first kappa shape index (κ1) is 19.0. The molecule has 25 heavy (non-hydrogen) atoms. The number of anilines is 1. The third-order valence-corrected chi connectivity index (χ3v) is 3.87. The average molecular weight is 350 g/mol. The molecule has 0 fully saturated rings. The number of hydrogen-bond acceptors (Lipinski definition) is 2. The van der Waals surface area contributed by atoms with Crippen LogP contribution < -0.4 is 5.32 Å². The van der Waals surface area contributed by atoms with Crippen LogP contribution >= 0.6 is 0 Å². The number of nitrogens with zero attached hydrogens (tertiary/aromatic N) is 1. The molecule has 1 amide bonds. The summed E-state index contributed by atoms with van der Waals surface area (Å²) in [7, 11) is 0. The first-order chi connectivity index (χ1) is 11.9. The summed E-state index contributed by atoms with van der Waals surface area (Å²) in [6, 6.07) is 9.66. The van der Waals surface area contributed by atoms with Crippen molar-refractivity contribution >= 4 is 11.6 Å². The van der Waals surface area contributed by atoms with Gasteiger partial charge in [-0.25, -0.2) is 13.2 Å². The largest absolute Gasteiger partial charge is 0.322 e. The highest BCUT2D eigenvalue weighted by Crippen LogP contribution is 2.19. The quantitative estimate of drug-likeness (QED) is 0.757. The summed E-state index contributed by atoms with van der Waals surface area (Å²) in [4.78, 5) is 14.1. The second kappa shape index (κ2) is 8.67. The van der Waals surface area contributed by atoms with Gasteiger partial charge in [-0.2, -0.15) is 0 Å². The molecule has 0 unspecified atom stereocenters. The number of benzene rings is 2. The van der Waals surface area contributed by atoms with Crippen LogP contribution in [0.25, 0.3) is 0 Å². The van der Waals surface area contributed by atoms with Crippen molar-refractivity contribution in [3.8, 4) is 0 Å². The fourth-order valence-corrected chi connectivity index (χ4v) is 2.57. The molecule has 0 aliphatic rings. The monoisotopic (exact) mass is 350 g/mol. The Kier molecular flexibility index (Phi) is 6.58. The molecule has 0 heterocycles. The van der Waals surface area contributed by atoms with Crippen molar-refractivity contribution in [3.63, 3.8) is 0 Å². The molecule has 134 valence electrons. The van der Waals surface area contributed by atoms with Crippen molar-refractivity contribution in [1.82, 2.24) is 4.90 Å². The maximum absolute atomic E-state index is 13.7. The Morgan fingerprint density at radius 1 is 1.08 bits per heavy atom. The van der Waals surface area contributed by atoms with E-state index in [4.69, 9.17) is 0 Å². The summed E-state index contributed by atoms with van der Waals surface area (Å²) in [6.45, 7) is 5.28. The zero-order valence-corrected chi connectivity index (χ0v) is 14.3. The molecule has 0 aromatic heterocycles. The molecule has 2 aromatic rings. The van der Waals surface area contributed by atoms with Crippen molar-refractivity contribution in [1.29, 1.82) is 0 Å². The van der Waals surface area contributed by atoms with Crippen molar-refractivity contribution < 1.29 is 18.0 Å². The van der Waals surface area contributed by atoms with E-state index in [1.54, 1.807) is 0 Å². The van der Waals surface area contributed by atoms with Crippen LogP contribution in [0.3, 0.4) is 0 Å². The maximum atomic E-state index is 13.7. The number of carbonyl (C=O) groups is 1. The van der Waals surface area contributed by atoms with Gasteiger partial charge in [0.1, 0.15) is 0 Å². The molecule has 0 saturated carbocycles. The summed E-state index contributed by atoms with van der Waals surface area (Å²) in [5.74, 6) is -4.76. The van der Waals surface area contributed by atoms with Gasteiger partial charge < -0.3 is 5.32 Å². The smallest absolute Gasteiger partial charge is 0.238 e. The van der Waals surface area contributed by atoms with Crippen LogP contribution in [0.4, 0.5) is 18.9 Å². The summed E-state index contributed by atoms with van der Waals surface area (Å²) in [6.07, 6.45) is 0.846. The van der Waals surface area contributed by atoms with Crippen molar-refractivity contribution in [2.45, 2.75) is 26.8 Å². The van der Waals surface area contributed by atoms with E-state index in [9.17, 15) is 18.0 Å². The predicted octanol–water partition coefficient (Wildman–Crippen LogP) is 4.26. The van der Waals surface area contributed by atoms with Gasteiger partial charge in [-0.1, -0.05) is 31.2 Å². The van der Waals surface area contributed by atoms with E-state index in [0.717, 1.165) is 29.7 Å². The van der Waals surface area contributed by atoms with Gasteiger partial charge in [0.05, 0.1) is 12.2 Å². The lowest BCUT2D eigenvalue weighted by Gasteiger charge is -2.22. The summed E-state index contributed by atoms with van der Waals surface area (Å²) < 4.78 is 39.9. The Labute approximate surface area is 145 Å². The Morgan fingerprint density at radius 3 is 2.48 bits per heavy atom. The number of aryl methyl sites for hydroxylation is 1. The molecule has 0 bridgehead atoms. The van der Waals surface area contributed by atoms with Crippen LogP contribution in [0.1, 0.15) is 24.5 Å². The van der Waals surface area contributed by atoms with Gasteiger partial charge in [-0.05, 0) is 43.1 Å². The number of halogens is 3. The fraction of sp³-hybridized carbons (Fsp3) is 0.316. The Morgan fingerprint density at radius 2 is 1.80 bits per heavy atom. The SMILES string of the molecule is CCCN(CC(=O)Nc1ccc(F)c(F)c1F)Cc1ccccc1C. The van der Waals surface area contributed by atoms with Crippen LogP contribution in [0.15, 0.2) is 36.4 Å². The minimum atomic E-state index is -1.59. The van der Waals surface area contributed by atoms with Crippen LogP contribution in [0.2, 0.25) is 0 Å². The molecule has 1 N–H and O–H groups in total. The van der Waals surface area contributed by atoms with Crippen molar-refractivity contribution in [3.05, 3.63) is 65.0 Å². The zero-order chi connectivity index (χ0) is 18.4. The minimum Gasteiger partial charge on any atom is -0.322 e. The maximum Gasteiger partial charge on any atom is 0.238 e. The van der Waals surface area contributed by atoms with Gasteiger partial charge in [0, 0.05) is 6.54 Å². The second-order valence-corrected chi connectivity index (χ2v) is 5.91. The molecule has 0 spiro atoms. The molecule has 2 aromatic carbocycles. The summed E-state index contributed by atoms with van der Waals surface area (Å²) in [5, 5.41) is 2.31. The van der Waals surface area contributed by atoms with Gasteiger partial charge in [0.15, 0.2) is 17.5 Å². The lowest BCUT2D eigenvalue weighted by Crippen LogP contribution is -2.34. The van der Waals surface area contributed by atoms with Crippen LogP contribution in [-0.4, -0.2) is 23.9 Å². The normalized spacial score (nSPS) is 11.0. The topological polar surface area (TPSA) is 32.3 Å². The van der Waals surface area contributed by atoms with Gasteiger partial charge in [0.2, 0.25) is 5.91 Å². The standard InChI is InChI=1S/C19H21F3N2O/c1-3-10-24(11-14-7-5-4-6-13(14)2)12-17(25)23-16-9-8-15(20)18(21)19(16)22/h4-9H,3,10-12H2,1-2H3,(H,23,25). The molecule has 2 rings (SSSR count). The zero-order valence-electron chi connectivity index (χ0n) is 14.3. The number of amides is 1. The average Bonchev–Trinajstić information content (AvgIpc) is 2.58. The number of rotatable bonds is 7. The Balaban J connectivity index is 2.05. The van der Waals surface area contributed by atoms with E-state index in [1.807, 2.05) is 43.0 Å². The van der Waals surface area contributed by atoms with Gasteiger partial charge >= 0.3 is 0 Å². The van der Waals surface area contributed by atoms with E-state index in [-0.39, 0.29) is 12.2 Å². The third-order valence-electron chi connectivity index (χ3n) is 3.87. The van der Waals surface area contributed by atoms with Gasteiger partial charge in [-0.15, -0.1) is 0 Å². The fourth-order valence-electron chi connectivity index (χ4n) is 2.57. The highest BCUT2D eigenvalue weighted by molar-refractivity contribution is 5.92.